The van der Waals surface area contributed by atoms with Crippen LogP contribution >= 0.6 is 11.6 Å². The van der Waals surface area contributed by atoms with Gasteiger partial charge in [-0.25, -0.2) is 0 Å². The van der Waals surface area contributed by atoms with Gasteiger partial charge in [0, 0.05) is 16.1 Å². The van der Waals surface area contributed by atoms with E-state index in [2.05, 4.69) is 45.8 Å². The first kappa shape index (κ1) is 21.9. The Balaban J connectivity index is 3.22. The van der Waals surface area contributed by atoms with E-state index in [-0.39, 0.29) is 16.5 Å². The first-order valence-electron chi connectivity index (χ1n) is 8.59. The molecule has 1 amide bonds. The molecule has 1 rings (SSSR count). The molecule has 0 saturated carbocycles. The third kappa shape index (κ3) is 6.28. The molecule has 25 heavy (non-hydrogen) atoms. The zero-order chi connectivity index (χ0) is 19.6. The fourth-order valence-electron chi connectivity index (χ4n) is 1.99. The predicted octanol–water partition coefficient (Wildman–Crippen LogP) is 5.87. The van der Waals surface area contributed by atoms with Crippen molar-refractivity contribution in [2.75, 3.05) is 0 Å². The molecule has 1 aromatic rings. The summed E-state index contributed by atoms with van der Waals surface area (Å²) in [6.45, 7) is 20.8. The maximum absolute atomic E-state index is 12.7. The second-order valence-corrected chi connectivity index (χ2v) is 14.2. The van der Waals surface area contributed by atoms with Crippen molar-refractivity contribution < 1.29 is 9.22 Å². The lowest BCUT2D eigenvalue weighted by Gasteiger charge is -2.40. The highest BCUT2D eigenvalue weighted by atomic mass is 35.5. The maximum atomic E-state index is 12.7. The van der Waals surface area contributed by atoms with E-state index in [1.54, 1.807) is 0 Å². The number of hydrogen-bond donors (Lipinski definition) is 1. The molecule has 0 bridgehead atoms. The molecule has 0 aromatic heterocycles. The lowest BCUT2D eigenvalue weighted by atomic mass is 10.0. The van der Waals surface area contributed by atoms with Gasteiger partial charge in [-0.15, -0.1) is 0 Å². The fourth-order valence-corrected chi connectivity index (χ4v) is 3.34. The molecular formula is C20H32ClNO2Si. The molecule has 1 atom stereocenters. The summed E-state index contributed by atoms with van der Waals surface area (Å²) in [4.78, 5) is 12.7. The average molecular weight is 382 g/mol. The highest BCUT2D eigenvalue weighted by Crippen LogP contribution is 2.41. The lowest BCUT2D eigenvalue weighted by molar-refractivity contribution is -0.119. The molecular weight excluding hydrogens is 350 g/mol. The van der Waals surface area contributed by atoms with E-state index >= 15 is 0 Å². The van der Waals surface area contributed by atoms with Gasteiger partial charge in [0.2, 0.25) is 5.91 Å². The third-order valence-corrected chi connectivity index (χ3v) is 9.18. The van der Waals surface area contributed by atoms with Gasteiger partial charge in [0.1, 0.15) is 6.10 Å². The Bertz CT molecular complexity index is 625. The molecule has 0 saturated heterocycles. The van der Waals surface area contributed by atoms with Crippen LogP contribution in [0.5, 0.6) is 0 Å². The molecule has 0 spiro atoms. The molecule has 1 N–H and O–H groups in total. The molecule has 3 nitrogen and oxygen atoms in total. The van der Waals surface area contributed by atoms with Gasteiger partial charge >= 0.3 is 0 Å². The summed E-state index contributed by atoms with van der Waals surface area (Å²) in [6, 6.07) is 7.42. The summed E-state index contributed by atoms with van der Waals surface area (Å²) < 4.78 is 6.56. The van der Waals surface area contributed by atoms with E-state index in [4.69, 9.17) is 16.0 Å². The fraction of sp³-hybridized carbons (Fsp3) is 0.550. The zero-order valence-electron chi connectivity index (χ0n) is 16.8. The molecule has 140 valence electrons. The Kier molecular flexibility index (Phi) is 6.71. The van der Waals surface area contributed by atoms with Gasteiger partial charge in [-0.3, -0.25) is 4.79 Å². The summed E-state index contributed by atoms with van der Waals surface area (Å²) in [6.07, 6.45) is -0.486. The number of nitrogens with one attached hydrogen (secondary N) is 1. The van der Waals surface area contributed by atoms with Crippen LogP contribution in [-0.2, 0) is 9.22 Å². The predicted molar refractivity (Wildman–Crippen MR) is 110 cm³/mol. The van der Waals surface area contributed by atoms with Gasteiger partial charge in [0.05, 0.1) is 0 Å². The first-order valence-corrected chi connectivity index (χ1v) is 11.9. The number of carbonyl (C=O) groups excluding carboxylic acids is 1. The minimum Gasteiger partial charge on any atom is -0.406 e. The molecule has 1 unspecified atom stereocenters. The summed E-state index contributed by atoms with van der Waals surface area (Å²) >= 11 is 6.02. The van der Waals surface area contributed by atoms with Crippen LogP contribution in [0.25, 0.3) is 0 Å². The Morgan fingerprint density at radius 2 is 1.60 bits per heavy atom. The second-order valence-electron chi connectivity index (χ2n) is 9.04. The van der Waals surface area contributed by atoms with Crippen molar-refractivity contribution >= 4 is 25.8 Å². The minimum atomic E-state index is -2.11. The number of carbonyl (C=O) groups is 1. The van der Waals surface area contributed by atoms with Crippen LogP contribution in [-0.4, -0.2) is 19.8 Å². The van der Waals surface area contributed by atoms with Crippen LogP contribution in [0.1, 0.15) is 53.2 Å². The van der Waals surface area contributed by atoms with Gasteiger partial charge in [0.15, 0.2) is 8.32 Å². The number of rotatable bonds is 5. The quantitative estimate of drug-likeness (QED) is 0.511. The van der Waals surface area contributed by atoms with Crippen LogP contribution in [0.15, 0.2) is 36.4 Å². The van der Waals surface area contributed by atoms with Crippen LogP contribution in [0, 0.1) is 0 Å². The van der Waals surface area contributed by atoms with Crippen molar-refractivity contribution in [1.29, 1.82) is 0 Å². The van der Waals surface area contributed by atoms with Crippen molar-refractivity contribution in [3.05, 3.63) is 47.0 Å². The van der Waals surface area contributed by atoms with E-state index in [9.17, 15) is 4.79 Å². The molecule has 0 aliphatic heterocycles. The Labute approximate surface area is 158 Å². The zero-order valence-corrected chi connectivity index (χ0v) is 18.5. The molecule has 1 aromatic carbocycles. The summed E-state index contributed by atoms with van der Waals surface area (Å²) in [5.41, 5.74) is 0.979. The lowest BCUT2D eigenvalue weighted by Crippen LogP contribution is -2.45. The van der Waals surface area contributed by atoms with Crippen LogP contribution in [0.4, 0.5) is 0 Å². The minimum absolute atomic E-state index is 0.0262. The van der Waals surface area contributed by atoms with Crippen molar-refractivity contribution in [3.8, 4) is 0 Å². The standard InChI is InChI=1S/C20H32ClNO2Si/c1-14(18(23)22-19(2,3)4)17(15-10-12-16(21)13-11-15)24-25(8,9)20(5,6)7/h10-13,17H,1H2,2-9H3,(H,22,23). The first-order chi connectivity index (χ1) is 11.1. The molecule has 5 heteroatoms. The van der Waals surface area contributed by atoms with Crippen molar-refractivity contribution in [1.82, 2.24) is 5.32 Å². The molecule has 0 radical (unpaired) electrons. The Hall–Kier alpha value is -1.10. The number of halogens is 1. The van der Waals surface area contributed by atoms with Crippen molar-refractivity contribution in [3.63, 3.8) is 0 Å². The van der Waals surface area contributed by atoms with Gasteiger partial charge in [-0.05, 0) is 56.6 Å². The van der Waals surface area contributed by atoms with E-state index in [0.29, 0.717) is 10.6 Å². The number of amides is 1. The van der Waals surface area contributed by atoms with Crippen molar-refractivity contribution in [2.45, 2.75) is 71.3 Å². The summed E-state index contributed by atoms with van der Waals surface area (Å²) in [5, 5.41) is 3.65. The van der Waals surface area contributed by atoms with Gasteiger partial charge in [-0.1, -0.05) is 51.1 Å². The summed E-state index contributed by atoms with van der Waals surface area (Å²) in [5.74, 6) is -0.189. The van der Waals surface area contributed by atoms with E-state index in [0.717, 1.165) is 5.56 Å². The Morgan fingerprint density at radius 3 is 2.00 bits per heavy atom. The van der Waals surface area contributed by atoms with E-state index in [1.807, 2.05) is 45.0 Å². The van der Waals surface area contributed by atoms with Gasteiger partial charge in [-0.2, -0.15) is 0 Å². The van der Waals surface area contributed by atoms with Crippen LogP contribution < -0.4 is 5.32 Å². The monoisotopic (exact) mass is 381 g/mol. The van der Waals surface area contributed by atoms with Gasteiger partial charge in [0.25, 0.3) is 0 Å². The average Bonchev–Trinajstić information content (AvgIpc) is 2.42. The molecule has 0 aliphatic carbocycles. The van der Waals surface area contributed by atoms with E-state index in [1.165, 1.54) is 0 Å². The highest BCUT2D eigenvalue weighted by molar-refractivity contribution is 6.74. The number of benzene rings is 1. The molecule has 0 aliphatic rings. The highest BCUT2D eigenvalue weighted by Gasteiger charge is 2.41. The van der Waals surface area contributed by atoms with Crippen molar-refractivity contribution in [2.24, 2.45) is 0 Å². The number of hydrogen-bond acceptors (Lipinski definition) is 2. The summed E-state index contributed by atoms with van der Waals surface area (Å²) in [7, 11) is -2.11. The van der Waals surface area contributed by atoms with Crippen LogP contribution in [0.2, 0.25) is 23.2 Å². The van der Waals surface area contributed by atoms with Crippen LogP contribution in [0.3, 0.4) is 0 Å². The second kappa shape index (κ2) is 7.64. The normalized spacial score (nSPS) is 14.1. The smallest absolute Gasteiger partial charge is 0.249 e. The van der Waals surface area contributed by atoms with Gasteiger partial charge < -0.3 is 9.74 Å². The maximum Gasteiger partial charge on any atom is 0.249 e. The topological polar surface area (TPSA) is 38.3 Å². The SMILES string of the molecule is C=C(C(=O)NC(C)(C)C)C(O[Si](C)(C)C(C)(C)C)c1ccc(Cl)cc1. The third-order valence-electron chi connectivity index (χ3n) is 4.49. The Morgan fingerprint density at radius 1 is 1.12 bits per heavy atom. The molecule has 0 fully saturated rings. The van der Waals surface area contributed by atoms with E-state index < -0.39 is 14.4 Å². The molecule has 0 heterocycles. The largest absolute Gasteiger partial charge is 0.406 e.